The monoisotopic (exact) mass is 550 g/mol. The van der Waals surface area contributed by atoms with Crippen LogP contribution < -0.4 is 10.5 Å². The SMILES string of the molecule is Cc1nn(CC(=O)N2CCN(c3nc(-c4ccccc4)nc4sc5c(c34)CCCC5)CC2)c(=O)c2ccccc12. The zero-order valence-corrected chi connectivity index (χ0v) is 23.3. The van der Waals surface area contributed by atoms with Crippen molar-refractivity contribution in [1.82, 2.24) is 24.6 Å². The Morgan fingerprint density at radius 3 is 2.42 bits per heavy atom. The molecule has 3 aromatic heterocycles. The molecule has 8 nitrogen and oxygen atoms in total. The Hall–Kier alpha value is -4.11. The van der Waals surface area contributed by atoms with E-state index in [2.05, 4.69) is 22.1 Å². The highest BCUT2D eigenvalue weighted by atomic mass is 32.1. The van der Waals surface area contributed by atoms with Crippen molar-refractivity contribution in [2.24, 2.45) is 0 Å². The number of piperazine rings is 1. The van der Waals surface area contributed by atoms with E-state index in [9.17, 15) is 9.59 Å². The van der Waals surface area contributed by atoms with Gasteiger partial charge in [0.25, 0.3) is 5.56 Å². The van der Waals surface area contributed by atoms with E-state index >= 15 is 0 Å². The first-order valence-electron chi connectivity index (χ1n) is 13.9. The van der Waals surface area contributed by atoms with Crippen LogP contribution in [0.4, 0.5) is 5.82 Å². The number of amides is 1. The zero-order valence-electron chi connectivity index (χ0n) is 22.5. The summed E-state index contributed by atoms with van der Waals surface area (Å²) in [6.07, 6.45) is 4.61. The van der Waals surface area contributed by atoms with Crippen LogP contribution in [0.2, 0.25) is 0 Å². The van der Waals surface area contributed by atoms with Crippen molar-refractivity contribution in [3.63, 3.8) is 0 Å². The average Bonchev–Trinajstić information content (AvgIpc) is 3.38. The molecule has 1 fully saturated rings. The van der Waals surface area contributed by atoms with Gasteiger partial charge in [0.2, 0.25) is 5.91 Å². The van der Waals surface area contributed by atoms with Gasteiger partial charge < -0.3 is 9.80 Å². The van der Waals surface area contributed by atoms with Gasteiger partial charge in [0.15, 0.2) is 5.82 Å². The van der Waals surface area contributed by atoms with E-state index in [4.69, 9.17) is 9.97 Å². The van der Waals surface area contributed by atoms with Crippen LogP contribution in [0.3, 0.4) is 0 Å². The predicted octanol–water partition coefficient (Wildman–Crippen LogP) is 4.60. The fourth-order valence-corrected chi connectivity index (χ4v) is 7.25. The summed E-state index contributed by atoms with van der Waals surface area (Å²) in [5.41, 5.74) is 2.94. The van der Waals surface area contributed by atoms with E-state index < -0.39 is 0 Å². The Balaban J connectivity index is 1.15. The summed E-state index contributed by atoms with van der Waals surface area (Å²) in [6.45, 7) is 4.30. The van der Waals surface area contributed by atoms with E-state index in [1.165, 1.54) is 33.4 Å². The first-order chi connectivity index (χ1) is 19.6. The van der Waals surface area contributed by atoms with Crippen LogP contribution in [0, 0.1) is 6.92 Å². The number of benzene rings is 2. The Bertz CT molecular complexity index is 1800. The van der Waals surface area contributed by atoms with Crippen molar-refractivity contribution in [3.05, 3.63) is 81.1 Å². The fraction of sp³-hybridized carbons (Fsp3) is 0.323. The highest BCUT2D eigenvalue weighted by Gasteiger charge is 2.28. The molecule has 1 aliphatic heterocycles. The molecule has 0 bridgehead atoms. The molecule has 1 saturated heterocycles. The van der Waals surface area contributed by atoms with E-state index in [0.717, 1.165) is 46.0 Å². The van der Waals surface area contributed by atoms with Crippen LogP contribution in [0.1, 0.15) is 29.0 Å². The van der Waals surface area contributed by atoms with Gasteiger partial charge in [-0.15, -0.1) is 11.3 Å². The third-order valence-corrected chi connectivity index (χ3v) is 9.28. The maximum Gasteiger partial charge on any atom is 0.275 e. The van der Waals surface area contributed by atoms with Crippen LogP contribution in [0.15, 0.2) is 59.4 Å². The predicted molar refractivity (Wildman–Crippen MR) is 159 cm³/mol. The van der Waals surface area contributed by atoms with E-state index in [0.29, 0.717) is 31.6 Å². The summed E-state index contributed by atoms with van der Waals surface area (Å²) in [4.78, 5) is 43.1. The second kappa shape index (κ2) is 10.1. The van der Waals surface area contributed by atoms with Crippen molar-refractivity contribution < 1.29 is 4.79 Å². The number of aromatic nitrogens is 4. The van der Waals surface area contributed by atoms with Crippen LogP contribution in [-0.2, 0) is 24.2 Å². The second-order valence-corrected chi connectivity index (χ2v) is 11.7. The third-order valence-electron chi connectivity index (χ3n) is 8.10. The van der Waals surface area contributed by atoms with Crippen LogP contribution >= 0.6 is 11.3 Å². The largest absolute Gasteiger partial charge is 0.352 e. The Morgan fingerprint density at radius 1 is 0.900 bits per heavy atom. The lowest BCUT2D eigenvalue weighted by molar-refractivity contribution is -0.132. The van der Waals surface area contributed by atoms with Gasteiger partial charge in [0.1, 0.15) is 17.2 Å². The van der Waals surface area contributed by atoms with E-state index in [-0.39, 0.29) is 18.0 Å². The summed E-state index contributed by atoms with van der Waals surface area (Å²) in [7, 11) is 0. The Labute approximate surface area is 235 Å². The molecule has 2 aliphatic rings. The third kappa shape index (κ3) is 4.34. The number of fused-ring (bicyclic) bond motifs is 4. The summed E-state index contributed by atoms with van der Waals surface area (Å²) in [5.74, 6) is 1.64. The molecule has 202 valence electrons. The molecule has 1 aliphatic carbocycles. The molecule has 5 aromatic rings. The second-order valence-electron chi connectivity index (χ2n) is 10.6. The number of carbonyl (C=O) groups excluding carboxylic acids is 1. The molecule has 0 radical (unpaired) electrons. The Kier molecular flexibility index (Phi) is 6.31. The number of hydrogen-bond donors (Lipinski definition) is 0. The minimum Gasteiger partial charge on any atom is -0.352 e. The quantitative estimate of drug-likeness (QED) is 0.325. The van der Waals surface area contributed by atoms with E-state index in [1.807, 2.05) is 59.6 Å². The van der Waals surface area contributed by atoms with Crippen LogP contribution in [-0.4, -0.2) is 56.7 Å². The molecule has 2 aromatic carbocycles. The summed E-state index contributed by atoms with van der Waals surface area (Å²) < 4.78 is 1.31. The number of anilines is 1. The lowest BCUT2D eigenvalue weighted by Gasteiger charge is -2.36. The highest BCUT2D eigenvalue weighted by molar-refractivity contribution is 7.19. The molecule has 1 amide bonds. The lowest BCUT2D eigenvalue weighted by atomic mass is 9.96. The van der Waals surface area contributed by atoms with Gasteiger partial charge in [0, 0.05) is 42.0 Å². The van der Waals surface area contributed by atoms with Crippen molar-refractivity contribution in [2.45, 2.75) is 39.2 Å². The van der Waals surface area contributed by atoms with Gasteiger partial charge >= 0.3 is 0 Å². The Morgan fingerprint density at radius 2 is 1.62 bits per heavy atom. The number of thiophene rings is 1. The average molecular weight is 551 g/mol. The highest BCUT2D eigenvalue weighted by Crippen LogP contribution is 2.41. The molecule has 0 saturated carbocycles. The van der Waals surface area contributed by atoms with Gasteiger partial charge in [-0.2, -0.15) is 5.10 Å². The summed E-state index contributed by atoms with van der Waals surface area (Å²) >= 11 is 1.81. The van der Waals surface area contributed by atoms with Crippen LogP contribution in [0.5, 0.6) is 0 Å². The number of aryl methyl sites for hydroxylation is 3. The van der Waals surface area contributed by atoms with Crippen LogP contribution in [0.25, 0.3) is 32.4 Å². The minimum atomic E-state index is -0.229. The van der Waals surface area contributed by atoms with Crippen molar-refractivity contribution >= 4 is 44.1 Å². The van der Waals surface area contributed by atoms with Gasteiger partial charge in [-0.25, -0.2) is 14.6 Å². The van der Waals surface area contributed by atoms with Gasteiger partial charge in [-0.1, -0.05) is 48.5 Å². The van der Waals surface area contributed by atoms with Gasteiger partial charge in [-0.3, -0.25) is 9.59 Å². The van der Waals surface area contributed by atoms with Gasteiger partial charge in [0.05, 0.1) is 16.5 Å². The molecule has 0 atom stereocenters. The molecule has 0 unspecified atom stereocenters. The standard InChI is InChI=1S/C31H30N6O2S/c1-20-22-11-5-6-12-23(22)31(39)37(34-20)19-26(38)35-15-17-36(18-16-35)29-27-24-13-7-8-14-25(24)40-30(27)33-28(32-29)21-9-3-2-4-10-21/h2-6,9-12H,7-8,13-19H2,1H3. The van der Waals surface area contributed by atoms with Crippen molar-refractivity contribution in [2.75, 3.05) is 31.1 Å². The van der Waals surface area contributed by atoms with E-state index in [1.54, 1.807) is 6.07 Å². The smallest absolute Gasteiger partial charge is 0.275 e. The summed E-state index contributed by atoms with van der Waals surface area (Å²) in [6, 6.07) is 17.6. The maximum atomic E-state index is 13.3. The number of hydrogen-bond acceptors (Lipinski definition) is 7. The molecular formula is C31H30N6O2S. The molecular weight excluding hydrogens is 520 g/mol. The minimum absolute atomic E-state index is 0.0571. The zero-order chi connectivity index (χ0) is 27.2. The van der Waals surface area contributed by atoms with Crippen molar-refractivity contribution in [3.8, 4) is 11.4 Å². The number of nitrogens with zero attached hydrogens (tertiary/aromatic N) is 6. The first-order valence-corrected chi connectivity index (χ1v) is 14.8. The fourth-order valence-electron chi connectivity index (χ4n) is 5.99. The molecule has 9 heteroatoms. The topological polar surface area (TPSA) is 84.2 Å². The molecule has 0 spiro atoms. The lowest BCUT2D eigenvalue weighted by Crippen LogP contribution is -2.50. The normalized spacial score (nSPS) is 15.5. The number of rotatable bonds is 4. The molecule has 7 rings (SSSR count). The first kappa shape index (κ1) is 24.9. The van der Waals surface area contributed by atoms with Crippen molar-refractivity contribution in [1.29, 1.82) is 0 Å². The molecule has 4 heterocycles. The number of carbonyl (C=O) groups is 1. The maximum absolute atomic E-state index is 13.3. The summed E-state index contributed by atoms with van der Waals surface area (Å²) in [5, 5.41) is 7.05. The van der Waals surface area contributed by atoms with Gasteiger partial charge in [-0.05, 0) is 44.2 Å². The molecule has 0 N–H and O–H groups in total. The molecule has 40 heavy (non-hydrogen) atoms.